The van der Waals surface area contributed by atoms with Crippen molar-refractivity contribution in [2.24, 2.45) is 0 Å². The minimum atomic E-state index is -0.243. The van der Waals surface area contributed by atoms with Crippen molar-refractivity contribution >= 4 is 28.4 Å². The van der Waals surface area contributed by atoms with E-state index in [0.29, 0.717) is 6.54 Å². The number of H-pyrrole nitrogens is 1. The minimum absolute atomic E-state index is 0.116. The fraction of sp³-hybridized carbons (Fsp3) is 0.294. The quantitative estimate of drug-likeness (QED) is 0.785. The number of aromatic nitrogens is 3. The number of amides is 1. The summed E-state index contributed by atoms with van der Waals surface area (Å²) in [4.78, 5) is 22.1. The zero-order valence-corrected chi connectivity index (χ0v) is 13.5. The molecule has 0 unspecified atom stereocenters. The minimum Gasteiger partial charge on any atom is -0.357 e. The maximum Gasteiger partial charge on any atom is 0.245 e. The number of benzene rings is 1. The summed E-state index contributed by atoms with van der Waals surface area (Å²) in [6, 6.07) is 5.65. The fourth-order valence-electron chi connectivity index (χ4n) is 3.28. The number of hydrogen-bond donors (Lipinski definition) is 1. The van der Waals surface area contributed by atoms with Crippen LogP contribution in [0.1, 0.15) is 24.2 Å². The van der Waals surface area contributed by atoms with E-state index in [0.717, 1.165) is 28.9 Å². The van der Waals surface area contributed by atoms with Crippen LogP contribution in [0.25, 0.3) is 10.9 Å². The molecule has 1 amide bonds. The summed E-state index contributed by atoms with van der Waals surface area (Å²) in [6.07, 6.45) is 6.02. The smallest absolute Gasteiger partial charge is 0.245 e. The lowest BCUT2D eigenvalue weighted by Gasteiger charge is -2.30. The second-order valence-electron chi connectivity index (χ2n) is 5.94. The predicted octanol–water partition coefficient (Wildman–Crippen LogP) is 3.16. The van der Waals surface area contributed by atoms with Crippen LogP contribution < -0.4 is 0 Å². The van der Waals surface area contributed by atoms with E-state index in [-0.39, 0.29) is 11.9 Å². The molecule has 0 fully saturated rings. The number of imidazole rings is 1. The van der Waals surface area contributed by atoms with E-state index in [2.05, 4.69) is 16.0 Å². The Labute approximate surface area is 138 Å². The van der Waals surface area contributed by atoms with Crippen LogP contribution in [0.15, 0.2) is 36.9 Å². The van der Waals surface area contributed by atoms with Gasteiger partial charge in [-0.05, 0) is 13.0 Å². The van der Waals surface area contributed by atoms with Crippen molar-refractivity contribution in [2.45, 2.75) is 25.9 Å². The molecule has 1 N–H and O–H groups in total. The van der Waals surface area contributed by atoms with Crippen LogP contribution in [0, 0.1) is 0 Å². The van der Waals surface area contributed by atoms with Gasteiger partial charge in [0.05, 0.1) is 16.9 Å². The molecule has 23 heavy (non-hydrogen) atoms. The highest BCUT2D eigenvalue weighted by molar-refractivity contribution is 6.35. The molecule has 6 heteroatoms. The lowest BCUT2D eigenvalue weighted by molar-refractivity contribution is -0.135. The maximum absolute atomic E-state index is 12.8. The molecular formula is C17H17ClN4O. The van der Waals surface area contributed by atoms with Crippen molar-refractivity contribution in [3.05, 3.63) is 53.2 Å². The molecule has 5 nitrogen and oxygen atoms in total. The monoisotopic (exact) mass is 328 g/mol. The Bertz CT molecular complexity index is 868. The molecule has 0 saturated heterocycles. The van der Waals surface area contributed by atoms with Crippen LogP contribution in [0.2, 0.25) is 5.02 Å². The van der Waals surface area contributed by atoms with Gasteiger partial charge in [-0.25, -0.2) is 4.98 Å². The van der Waals surface area contributed by atoms with E-state index in [9.17, 15) is 4.79 Å². The Kier molecular flexibility index (Phi) is 3.38. The molecule has 118 valence electrons. The lowest BCUT2D eigenvalue weighted by atomic mass is 10.0. The molecule has 1 aliphatic rings. The van der Waals surface area contributed by atoms with Crippen molar-refractivity contribution in [1.82, 2.24) is 19.4 Å². The number of para-hydroxylation sites is 1. The molecule has 4 rings (SSSR count). The van der Waals surface area contributed by atoms with Gasteiger partial charge in [-0.3, -0.25) is 4.79 Å². The van der Waals surface area contributed by atoms with Gasteiger partial charge in [-0.2, -0.15) is 0 Å². The summed E-state index contributed by atoms with van der Waals surface area (Å²) < 4.78 is 1.84. The molecule has 1 atom stereocenters. The number of nitrogens with one attached hydrogen (secondary N) is 1. The number of nitrogens with zero attached hydrogens (tertiary/aromatic N) is 3. The van der Waals surface area contributed by atoms with Crippen LogP contribution in [-0.4, -0.2) is 31.9 Å². The largest absolute Gasteiger partial charge is 0.357 e. The molecule has 0 radical (unpaired) electrons. The van der Waals surface area contributed by atoms with Gasteiger partial charge in [0.25, 0.3) is 0 Å². The van der Waals surface area contributed by atoms with E-state index in [1.165, 1.54) is 11.3 Å². The average molecular weight is 329 g/mol. The first-order chi connectivity index (χ1) is 11.1. The Morgan fingerprint density at radius 1 is 1.43 bits per heavy atom. The summed E-state index contributed by atoms with van der Waals surface area (Å²) in [6.45, 7) is 3.24. The Balaban J connectivity index is 1.65. The first kappa shape index (κ1) is 14.3. The summed E-state index contributed by atoms with van der Waals surface area (Å²) in [5, 5.41) is 1.84. The molecule has 3 heterocycles. The number of carbonyl (C=O) groups is 1. The number of halogens is 1. The van der Waals surface area contributed by atoms with Crippen molar-refractivity contribution in [3.63, 3.8) is 0 Å². The summed E-state index contributed by atoms with van der Waals surface area (Å²) >= 11 is 6.27. The topological polar surface area (TPSA) is 53.9 Å². The van der Waals surface area contributed by atoms with Gasteiger partial charge in [-0.1, -0.05) is 23.7 Å². The Morgan fingerprint density at radius 2 is 2.30 bits per heavy atom. The third-order valence-electron chi connectivity index (χ3n) is 4.60. The molecular weight excluding hydrogens is 312 g/mol. The lowest BCUT2D eigenvalue weighted by Crippen LogP contribution is -2.39. The normalized spacial score (nSPS) is 15.7. The van der Waals surface area contributed by atoms with E-state index in [1.807, 2.05) is 34.7 Å². The first-order valence-electron chi connectivity index (χ1n) is 7.69. The molecule has 0 saturated carbocycles. The summed E-state index contributed by atoms with van der Waals surface area (Å²) in [7, 11) is 0. The number of aromatic amines is 1. The van der Waals surface area contributed by atoms with Crippen LogP contribution in [-0.2, 0) is 17.8 Å². The SMILES string of the molecule is C[C@H](C(=O)N1CCc2[nH]c3c(Cl)cccc3c2C1)n1ccnc1. The van der Waals surface area contributed by atoms with Gasteiger partial charge in [-0.15, -0.1) is 0 Å². The third kappa shape index (κ3) is 2.32. The van der Waals surface area contributed by atoms with E-state index in [1.54, 1.807) is 12.5 Å². The van der Waals surface area contributed by atoms with Gasteiger partial charge in [0.1, 0.15) is 6.04 Å². The second kappa shape index (κ2) is 5.42. The average Bonchev–Trinajstić information content (AvgIpc) is 3.21. The summed E-state index contributed by atoms with van der Waals surface area (Å²) in [5.74, 6) is 0.116. The molecule has 2 aromatic heterocycles. The molecule has 1 aliphatic heterocycles. The molecule has 1 aromatic carbocycles. The van der Waals surface area contributed by atoms with Crippen molar-refractivity contribution < 1.29 is 4.79 Å². The van der Waals surface area contributed by atoms with Gasteiger partial charge >= 0.3 is 0 Å². The molecule has 0 spiro atoms. The van der Waals surface area contributed by atoms with E-state index in [4.69, 9.17) is 11.6 Å². The third-order valence-corrected chi connectivity index (χ3v) is 4.92. The highest BCUT2D eigenvalue weighted by Gasteiger charge is 2.27. The predicted molar refractivity (Wildman–Crippen MR) is 89.4 cm³/mol. The number of rotatable bonds is 2. The molecule has 0 aliphatic carbocycles. The van der Waals surface area contributed by atoms with Gasteiger partial charge < -0.3 is 14.5 Å². The van der Waals surface area contributed by atoms with Crippen LogP contribution in [0.3, 0.4) is 0 Å². The van der Waals surface area contributed by atoms with Gasteiger partial charge in [0.15, 0.2) is 0 Å². The van der Waals surface area contributed by atoms with Crippen molar-refractivity contribution in [3.8, 4) is 0 Å². The highest BCUT2D eigenvalue weighted by Crippen LogP contribution is 2.32. The fourth-order valence-corrected chi connectivity index (χ4v) is 3.50. The standard InChI is InChI=1S/C17H17ClN4O/c1-11(22-8-6-19-10-22)17(23)21-7-5-15-13(9-21)12-3-2-4-14(18)16(12)20-15/h2-4,6,8,10-11,20H,5,7,9H2,1H3/t11-/m1/s1. The van der Waals surface area contributed by atoms with Crippen LogP contribution in [0.4, 0.5) is 0 Å². The number of carbonyl (C=O) groups excluding carboxylic acids is 1. The zero-order valence-electron chi connectivity index (χ0n) is 12.8. The zero-order chi connectivity index (χ0) is 16.0. The summed E-state index contributed by atoms with van der Waals surface area (Å²) in [5.41, 5.74) is 3.34. The van der Waals surface area contributed by atoms with Gasteiger partial charge in [0.2, 0.25) is 5.91 Å². The number of fused-ring (bicyclic) bond motifs is 3. The van der Waals surface area contributed by atoms with Crippen molar-refractivity contribution in [2.75, 3.05) is 6.54 Å². The van der Waals surface area contributed by atoms with Crippen LogP contribution >= 0.6 is 11.6 Å². The van der Waals surface area contributed by atoms with Crippen molar-refractivity contribution in [1.29, 1.82) is 0 Å². The van der Waals surface area contributed by atoms with Crippen LogP contribution in [0.5, 0.6) is 0 Å². The highest BCUT2D eigenvalue weighted by atomic mass is 35.5. The van der Waals surface area contributed by atoms with E-state index >= 15 is 0 Å². The Hall–Kier alpha value is -2.27. The first-order valence-corrected chi connectivity index (χ1v) is 8.07. The Morgan fingerprint density at radius 3 is 3.09 bits per heavy atom. The maximum atomic E-state index is 12.8. The molecule has 0 bridgehead atoms. The van der Waals surface area contributed by atoms with Gasteiger partial charge in [0, 0.05) is 48.5 Å². The second-order valence-corrected chi connectivity index (χ2v) is 6.35. The number of hydrogen-bond acceptors (Lipinski definition) is 2. The molecule has 3 aromatic rings. The van der Waals surface area contributed by atoms with E-state index < -0.39 is 0 Å².